The molecule has 0 saturated carbocycles. The van der Waals surface area contributed by atoms with Gasteiger partial charge in [-0.25, -0.2) is 0 Å². The molecule has 0 atom stereocenters. The minimum absolute atomic E-state index is 0.239. The molecule has 0 N–H and O–H groups in total. The van der Waals surface area contributed by atoms with E-state index in [0.717, 1.165) is 17.9 Å². The molecule has 1 aliphatic heterocycles. The Morgan fingerprint density at radius 2 is 0.453 bits per heavy atom. The van der Waals surface area contributed by atoms with Crippen LogP contribution in [0.15, 0.2) is 12.2 Å². The highest BCUT2D eigenvalue weighted by Gasteiger charge is 2.22. The summed E-state index contributed by atoms with van der Waals surface area (Å²) in [6.45, 7) is 15.6. The quantitative estimate of drug-likeness (QED) is 0.0488. The molecule has 0 saturated heterocycles. The van der Waals surface area contributed by atoms with Crippen molar-refractivity contribution in [2.45, 2.75) is 110 Å². The Kier molecular flexibility index (Phi) is 49.4. The van der Waals surface area contributed by atoms with Gasteiger partial charge >= 0.3 is 0 Å². The molecule has 1 heterocycles. The van der Waals surface area contributed by atoms with E-state index in [1.165, 1.54) is 108 Å². The predicted octanol–water partition coefficient (Wildman–Crippen LogP) is 6.39. The highest BCUT2D eigenvalue weighted by molar-refractivity contribution is 6.12. The second-order valence-corrected chi connectivity index (χ2v) is 15.4. The lowest BCUT2D eigenvalue weighted by Crippen LogP contribution is -2.33. The standard InChI is InChI=1S/C48H91NO15/c1-2-3-4-5-6-7-8-9-10-11-12-13-14-15-16-17-21-52-23-25-54-27-29-56-31-33-58-35-37-60-39-41-62-43-45-64-46-44-63-42-40-61-38-36-59-34-32-57-30-28-55-26-24-53-22-20-49-47(50)18-19-48(49)51/h18-19H,2-17,20-46H2,1H3. The maximum absolute atomic E-state index is 11.4. The summed E-state index contributed by atoms with van der Waals surface area (Å²) in [4.78, 5) is 24.0. The molecule has 16 nitrogen and oxygen atoms in total. The first-order valence-electron chi connectivity index (χ1n) is 24.8. The second kappa shape index (κ2) is 52.3. The molecule has 0 unspecified atom stereocenters. The lowest BCUT2D eigenvalue weighted by molar-refractivity contribution is -0.137. The van der Waals surface area contributed by atoms with E-state index in [9.17, 15) is 9.59 Å². The van der Waals surface area contributed by atoms with Gasteiger partial charge in [0.25, 0.3) is 11.8 Å². The van der Waals surface area contributed by atoms with Crippen LogP contribution in [0, 0.1) is 0 Å². The third kappa shape index (κ3) is 45.5. The van der Waals surface area contributed by atoms with E-state index in [2.05, 4.69) is 6.92 Å². The van der Waals surface area contributed by atoms with Crippen LogP contribution in [-0.2, 0) is 71.2 Å². The number of hydrogen-bond acceptors (Lipinski definition) is 15. The van der Waals surface area contributed by atoms with Gasteiger partial charge in [-0.3, -0.25) is 14.5 Å². The zero-order valence-corrected chi connectivity index (χ0v) is 40.1. The summed E-state index contributed by atoms with van der Waals surface area (Å²) in [6.07, 6.45) is 24.6. The minimum Gasteiger partial charge on any atom is -0.379 e. The van der Waals surface area contributed by atoms with Crippen molar-refractivity contribution in [2.24, 2.45) is 0 Å². The van der Waals surface area contributed by atoms with Gasteiger partial charge in [-0.2, -0.15) is 0 Å². The summed E-state index contributed by atoms with van der Waals surface area (Å²) in [7, 11) is 0. The zero-order valence-electron chi connectivity index (χ0n) is 40.1. The number of carbonyl (C=O) groups excluding carboxylic acids is 2. The van der Waals surface area contributed by atoms with E-state index in [0.29, 0.717) is 159 Å². The zero-order chi connectivity index (χ0) is 45.7. The van der Waals surface area contributed by atoms with Gasteiger partial charge in [0.15, 0.2) is 0 Å². The first-order chi connectivity index (χ1) is 31.8. The van der Waals surface area contributed by atoms with Crippen molar-refractivity contribution in [1.82, 2.24) is 4.90 Å². The largest absolute Gasteiger partial charge is 0.379 e. The lowest BCUT2D eigenvalue weighted by Gasteiger charge is -2.13. The number of ether oxygens (including phenoxy) is 13. The molecule has 0 bridgehead atoms. The molecule has 0 aromatic rings. The third-order valence-corrected chi connectivity index (χ3v) is 9.97. The Morgan fingerprint density at radius 3 is 0.688 bits per heavy atom. The molecule has 0 aliphatic carbocycles. The molecule has 64 heavy (non-hydrogen) atoms. The van der Waals surface area contributed by atoms with Crippen LogP contribution < -0.4 is 0 Å². The predicted molar refractivity (Wildman–Crippen MR) is 246 cm³/mol. The van der Waals surface area contributed by atoms with Crippen molar-refractivity contribution in [3.05, 3.63) is 12.2 Å². The molecule has 378 valence electrons. The van der Waals surface area contributed by atoms with Crippen LogP contribution in [0.2, 0.25) is 0 Å². The second-order valence-electron chi connectivity index (χ2n) is 15.4. The van der Waals surface area contributed by atoms with Crippen LogP contribution in [0.25, 0.3) is 0 Å². The molecule has 0 spiro atoms. The summed E-state index contributed by atoms with van der Waals surface area (Å²) in [5.41, 5.74) is 0. The normalized spacial score (nSPS) is 12.8. The van der Waals surface area contributed by atoms with Gasteiger partial charge in [0.1, 0.15) is 0 Å². The van der Waals surface area contributed by atoms with Crippen molar-refractivity contribution in [2.75, 3.05) is 178 Å². The van der Waals surface area contributed by atoms with E-state index < -0.39 is 0 Å². The van der Waals surface area contributed by atoms with Crippen molar-refractivity contribution >= 4 is 11.8 Å². The van der Waals surface area contributed by atoms with E-state index in [1.807, 2.05) is 0 Å². The Balaban J connectivity index is 1.59. The summed E-state index contributed by atoms with van der Waals surface area (Å²) in [5, 5.41) is 0. The Morgan fingerprint density at radius 1 is 0.266 bits per heavy atom. The molecule has 0 aromatic carbocycles. The fourth-order valence-corrected chi connectivity index (χ4v) is 6.30. The molecule has 1 rings (SSSR count). The van der Waals surface area contributed by atoms with Crippen LogP contribution in [0.4, 0.5) is 0 Å². The fourth-order valence-electron chi connectivity index (χ4n) is 6.30. The van der Waals surface area contributed by atoms with E-state index >= 15 is 0 Å². The van der Waals surface area contributed by atoms with E-state index in [1.54, 1.807) is 0 Å². The minimum atomic E-state index is -0.306. The Bertz CT molecular complexity index is 977. The van der Waals surface area contributed by atoms with Crippen molar-refractivity contribution in [1.29, 1.82) is 0 Å². The molecule has 2 amide bonds. The average molecular weight is 922 g/mol. The monoisotopic (exact) mass is 922 g/mol. The highest BCUT2D eigenvalue weighted by atomic mass is 16.6. The number of amides is 2. The number of nitrogens with zero attached hydrogens (tertiary/aromatic N) is 1. The molecular formula is C48H91NO15. The van der Waals surface area contributed by atoms with Gasteiger partial charge in [0, 0.05) is 18.8 Å². The van der Waals surface area contributed by atoms with Gasteiger partial charge in [-0.05, 0) is 6.42 Å². The highest BCUT2D eigenvalue weighted by Crippen LogP contribution is 2.14. The van der Waals surface area contributed by atoms with Crippen LogP contribution >= 0.6 is 0 Å². The van der Waals surface area contributed by atoms with Gasteiger partial charge in [0.2, 0.25) is 0 Å². The van der Waals surface area contributed by atoms with E-state index in [-0.39, 0.29) is 25.0 Å². The average Bonchev–Trinajstić information content (AvgIpc) is 3.62. The topological polar surface area (TPSA) is 157 Å². The van der Waals surface area contributed by atoms with Gasteiger partial charge in [0.05, 0.1) is 172 Å². The summed E-state index contributed by atoms with van der Waals surface area (Å²) >= 11 is 0. The number of imide groups is 1. The maximum atomic E-state index is 11.4. The number of hydrogen-bond donors (Lipinski definition) is 0. The molecule has 0 radical (unpaired) electrons. The van der Waals surface area contributed by atoms with Crippen LogP contribution in [-0.4, -0.2) is 195 Å². The van der Waals surface area contributed by atoms with Crippen molar-refractivity contribution < 1.29 is 71.2 Å². The maximum Gasteiger partial charge on any atom is 0.253 e. The van der Waals surface area contributed by atoms with Gasteiger partial charge in [-0.15, -0.1) is 0 Å². The lowest BCUT2D eigenvalue weighted by atomic mass is 10.0. The Hall–Kier alpha value is -1.64. The smallest absolute Gasteiger partial charge is 0.253 e. The van der Waals surface area contributed by atoms with Crippen LogP contribution in [0.3, 0.4) is 0 Å². The molecular weight excluding hydrogens is 831 g/mol. The summed E-state index contributed by atoms with van der Waals surface area (Å²) in [5.74, 6) is -0.612. The summed E-state index contributed by atoms with van der Waals surface area (Å²) in [6, 6.07) is 0. The first kappa shape index (κ1) is 60.4. The third-order valence-electron chi connectivity index (χ3n) is 9.97. The Labute approximate surface area is 387 Å². The molecule has 16 heteroatoms. The van der Waals surface area contributed by atoms with Crippen molar-refractivity contribution in [3.63, 3.8) is 0 Å². The molecule has 0 fully saturated rings. The fraction of sp³-hybridized carbons (Fsp3) is 0.917. The molecule has 0 aromatic heterocycles. The molecule has 1 aliphatic rings. The van der Waals surface area contributed by atoms with Crippen LogP contribution in [0.1, 0.15) is 110 Å². The first-order valence-corrected chi connectivity index (χ1v) is 24.8. The summed E-state index contributed by atoms with van der Waals surface area (Å²) < 4.78 is 71.7. The number of rotatable bonds is 56. The van der Waals surface area contributed by atoms with Crippen LogP contribution in [0.5, 0.6) is 0 Å². The van der Waals surface area contributed by atoms with Crippen molar-refractivity contribution in [3.8, 4) is 0 Å². The van der Waals surface area contributed by atoms with E-state index in [4.69, 9.17) is 61.6 Å². The SMILES string of the molecule is CCCCCCCCCCCCCCCCCCOCCOCCOCCOCCOCCOCCOCCOCCOCCOCCOCCOCCOCCN1C(=O)C=CC1=O. The number of unbranched alkanes of at least 4 members (excludes halogenated alkanes) is 15. The van der Waals surface area contributed by atoms with Gasteiger partial charge in [-0.1, -0.05) is 103 Å². The van der Waals surface area contributed by atoms with Gasteiger partial charge < -0.3 is 61.6 Å². The number of carbonyl (C=O) groups is 2.